The van der Waals surface area contributed by atoms with Gasteiger partial charge in [0.25, 0.3) is 0 Å². The maximum atomic E-state index is 13.4. The van der Waals surface area contributed by atoms with Gasteiger partial charge in [-0.2, -0.15) is 0 Å². The topological polar surface area (TPSA) is 55.6 Å². The Morgan fingerprint density at radius 1 is 1.24 bits per heavy atom. The number of carbonyl (C=O) groups excluding carboxylic acids is 1. The minimum absolute atomic E-state index is 0.0661. The number of fused-ring (bicyclic) bond motifs is 1. The van der Waals surface area contributed by atoms with E-state index in [0.29, 0.717) is 29.3 Å². The molecule has 2 aromatic carbocycles. The van der Waals surface area contributed by atoms with Crippen LogP contribution < -0.4 is 15.4 Å². The Morgan fingerprint density at radius 2 is 2.05 bits per heavy atom. The molecule has 0 unspecified atom stereocenters. The summed E-state index contributed by atoms with van der Waals surface area (Å²) in [6.07, 6.45) is 0.282. The monoisotopic (exact) mass is 286 g/mol. The molecule has 0 bridgehead atoms. The van der Waals surface area contributed by atoms with Gasteiger partial charge in [-0.1, -0.05) is 12.1 Å². The number of anilines is 2. The molecule has 0 aliphatic carbocycles. The molecule has 108 valence electrons. The summed E-state index contributed by atoms with van der Waals surface area (Å²) in [5.41, 5.74) is 7.61. The van der Waals surface area contributed by atoms with E-state index in [-0.39, 0.29) is 24.7 Å². The fourth-order valence-corrected chi connectivity index (χ4v) is 2.37. The second-order valence-corrected chi connectivity index (χ2v) is 4.89. The number of para-hydroxylation sites is 2. The van der Waals surface area contributed by atoms with E-state index in [2.05, 4.69) is 0 Å². The third-order valence-electron chi connectivity index (χ3n) is 3.46. The quantitative estimate of drug-likeness (QED) is 0.864. The van der Waals surface area contributed by atoms with Gasteiger partial charge < -0.3 is 15.4 Å². The van der Waals surface area contributed by atoms with Crippen LogP contribution in [0.2, 0.25) is 0 Å². The predicted octanol–water partition coefficient (Wildman–Crippen LogP) is 2.72. The molecule has 5 heteroatoms. The van der Waals surface area contributed by atoms with Crippen molar-refractivity contribution < 1.29 is 13.9 Å². The molecule has 4 nitrogen and oxygen atoms in total. The summed E-state index contributed by atoms with van der Waals surface area (Å²) < 4.78 is 19.0. The van der Waals surface area contributed by atoms with Crippen molar-refractivity contribution in [2.24, 2.45) is 0 Å². The maximum Gasteiger partial charge on any atom is 0.230 e. The van der Waals surface area contributed by atoms with Gasteiger partial charge in [-0.25, -0.2) is 4.39 Å². The average Bonchev–Trinajstić information content (AvgIpc) is 2.63. The van der Waals surface area contributed by atoms with E-state index in [9.17, 15) is 9.18 Å². The number of nitrogens with two attached hydrogens (primary N) is 1. The van der Waals surface area contributed by atoms with E-state index in [1.54, 1.807) is 4.90 Å². The summed E-state index contributed by atoms with van der Waals surface area (Å²) in [7, 11) is 0. The van der Waals surface area contributed by atoms with Gasteiger partial charge in [0.15, 0.2) is 0 Å². The fraction of sp³-hybridized carbons (Fsp3) is 0.188. The van der Waals surface area contributed by atoms with Gasteiger partial charge in [-0.05, 0) is 35.9 Å². The molecule has 0 spiro atoms. The zero-order valence-electron chi connectivity index (χ0n) is 11.4. The molecule has 3 rings (SSSR count). The van der Waals surface area contributed by atoms with Crippen molar-refractivity contribution in [3.63, 3.8) is 0 Å². The van der Waals surface area contributed by atoms with Crippen LogP contribution in [0.25, 0.3) is 0 Å². The van der Waals surface area contributed by atoms with Crippen molar-refractivity contribution in [1.29, 1.82) is 0 Å². The summed E-state index contributed by atoms with van der Waals surface area (Å²) in [5.74, 6) is 0.216. The van der Waals surface area contributed by atoms with Crippen LogP contribution in [0.4, 0.5) is 15.8 Å². The lowest BCUT2D eigenvalue weighted by atomic mass is 10.1. The zero-order chi connectivity index (χ0) is 14.8. The van der Waals surface area contributed by atoms with Gasteiger partial charge in [0, 0.05) is 5.69 Å². The van der Waals surface area contributed by atoms with Crippen molar-refractivity contribution in [2.75, 3.05) is 17.2 Å². The molecule has 2 aromatic rings. The average molecular weight is 286 g/mol. The fourth-order valence-electron chi connectivity index (χ4n) is 2.37. The van der Waals surface area contributed by atoms with Crippen LogP contribution in [-0.4, -0.2) is 12.5 Å². The summed E-state index contributed by atoms with van der Waals surface area (Å²) >= 11 is 0. The van der Waals surface area contributed by atoms with E-state index >= 15 is 0 Å². The molecule has 2 N–H and O–H groups in total. The maximum absolute atomic E-state index is 13.4. The Kier molecular flexibility index (Phi) is 3.48. The van der Waals surface area contributed by atoms with Crippen molar-refractivity contribution in [3.05, 3.63) is 53.8 Å². The summed E-state index contributed by atoms with van der Waals surface area (Å²) in [5, 5.41) is 0. The van der Waals surface area contributed by atoms with Crippen LogP contribution in [0.15, 0.2) is 42.5 Å². The number of amides is 1. The van der Waals surface area contributed by atoms with Crippen molar-refractivity contribution in [2.45, 2.75) is 13.0 Å². The molecule has 1 amide bonds. The molecule has 0 aromatic heterocycles. The van der Waals surface area contributed by atoms with Gasteiger partial charge >= 0.3 is 0 Å². The number of nitrogens with zero attached hydrogens (tertiary/aromatic N) is 1. The van der Waals surface area contributed by atoms with E-state index < -0.39 is 0 Å². The molecule has 1 aliphatic heterocycles. The van der Waals surface area contributed by atoms with Gasteiger partial charge in [0.05, 0.1) is 25.3 Å². The minimum atomic E-state index is -0.369. The molecule has 0 fully saturated rings. The highest BCUT2D eigenvalue weighted by Crippen LogP contribution is 2.32. The first-order valence-corrected chi connectivity index (χ1v) is 6.71. The van der Waals surface area contributed by atoms with Crippen molar-refractivity contribution in [3.8, 4) is 5.75 Å². The predicted molar refractivity (Wildman–Crippen MR) is 78.6 cm³/mol. The molecule has 0 saturated heterocycles. The molecule has 0 radical (unpaired) electrons. The van der Waals surface area contributed by atoms with Crippen molar-refractivity contribution >= 4 is 17.3 Å². The number of nitrogen functional groups attached to an aromatic ring is 1. The van der Waals surface area contributed by atoms with Crippen LogP contribution in [0.3, 0.4) is 0 Å². The molecule has 0 atom stereocenters. The highest BCUT2D eigenvalue weighted by molar-refractivity contribution is 5.95. The van der Waals surface area contributed by atoms with Crippen LogP contribution >= 0.6 is 0 Å². The minimum Gasteiger partial charge on any atom is -0.491 e. The molecule has 1 heterocycles. The number of benzene rings is 2. The summed E-state index contributed by atoms with van der Waals surface area (Å²) in [6.45, 7) is 0.563. The zero-order valence-corrected chi connectivity index (χ0v) is 11.4. The lowest BCUT2D eigenvalue weighted by Crippen LogP contribution is -2.30. The number of ether oxygens (including phenoxy) is 1. The second kappa shape index (κ2) is 5.44. The van der Waals surface area contributed by atoms with Crippen LogP contribution in [0, 0.1) is 5.82 Å². The van der Waals surface area contributed by atoms with Crippen molar-refractivity contribution in [1.82, 2.24) is 0 Å². The Balaban J connectivity index is 2.00. The first-order valence-electron chi connectivity index (χ1n) is 6.71. The number of carbonyl (C=O) groups is 1. The number of rotatable bonds is 2. The largest absolute Gasteiger partial charge is 0.491 e. The number of hydrogen-bond donors (Lipinski definition) is 1. The van der Waals surface area contributed by atoms with E-state index in [1.807, 2.05) is 24.3 Å². The lowest BCUT2D eigenvalue weighted by Gasteiger charge is -2.22. The molecule has 0 saturated carbocycles. The summed E-state index contributed by atoms with van der Waals surface area (Å²) in [4.78, 5) is 13.9. The normalized spacial score (nSPS) is 14.3. The summed E-state index contributed by atoms with van der Waals surface area (Å²) in [6, 6.07) is 11.5. The number of hydrogen-bond acceptors (Lipinski definition) is 3. The molecule has 1 aliphatic rings. The van der Waals surface area contributed by atoms with Crippen LogP contribution in [0.1, 0.15) is 12.0 Å². The molecular weight excluding hydrogens is 271 g/mol. The van der Waals surface area contributed by atoms with E-state index in [0.717, 1.165) is 0 Å². The smallest absolute Gasteiger partial charge is 0.230 e. The first kappa shape index (κ1) is 13.4. The second-order valence-electron chi connectivity index (χ2n) is 4.89. The highest BCUT2D eigenvalue weighted by atomic mass is 19.1. The highest BCUT2D eigenvalue weighted by Gasteiger charge is 2.23. The Labute approximate surface area is 121 Å². The Morgan fingerprint density at radius 3 is 2.90 bits per heavy atom. The molecule has 21 heavy (non-hydrogen) atoms. The van der Waals surface area contributed by atoms with Gasteiger partial charge in [-0.15, -0.1) is 0 Å². The van der Waals surface area contributed by atoms with Gasteiger partial charge in [0.2, 0.25) is 5.91 Å². The van der Waals surface area contributed by atoms with Crippen LogP contribution in [-0.2, 0) is 11.3 Å². The first-order chi connectivity index (χ1) is 10.1. The Hall–Kier alpha value is -2.56. The SMILES string of the molecule is Nc1ccc(F)cc1CN1C(=O)CCOc2ccccc21. The Bertz CT molecular complexity index is 688. The standard InChI is InChI=1S/C16H15FN2O2/c17-12-5-6-13(18)11(9-12)10-19-14-3-1-2-4-15(14)21-8-7-16(19)20/h1-6,9H,7-8,10,18H2. The van der Waals surface area contributed by atoms with Gasteiger partial charge in [0.1, 0.15) is 11.6 Å². The van der Waals surface area contributed by atoms with E-state index in [4.69, 9.17) is 10.5 Å². The van der Waals surface area contributed by atoms with E-state index in [1.165, 1.54) is 18.2 Å². The number of halogens is 1. The van der Waals surface area contributed by atoms with Gasteiger partial charge in [-0.3, -0.25) is 4.79 Å². The third-order valence-corrected chi connectivity index (χ3v) is 3.46. The lowest BCUT2D eigenvalue weighted by molar-refractivity contribution is -0.118. The van der Waals surface area contributed by atoms with Crippen LogP contribution in [0.5, 0.6) is 5.75 Å². The molecular formula is C16H15FN2O2. The third kappa shape index (κ3) is 2.67.